The molecule has 144 valence electrons. The number of rotatable bonds is 8. The Morgan fingerprint density at radius 2 is 1.96 bits per heavy atom. The summed E-state index contributed by atoms with van der Waals surface area (Å²) in [5, 5.41) is 11.4. The van der Waals surface area contributed by atoms with E-state index >= 15 is 0 Å². The fraction of sp³-hybridized carbons (Fsp3) is 0.235. The van der Waals surface area contributed by atoms with E-state index in [9.17, 15) is 14.4 Å². The van der Waals surface area contributed by atoms with Crippen LogP contribution in [0.3, 0.4) is 0 Å². The van der Waals surface area contributed by atoms with Gasteiger partial charge in [-0.2, -0.15) is 0 Å². The zero-order chi connectivity index (χ0) is 20.1. The van der Waals surface area contributed by atoms with Crippen LogP contribution in [0.15, 0.2) is 24.3 Å². The number of thiophene rings is 1. The number of nitrogens with one attached hydrogen (secondary N) is 1. The highest BCUT2D eigenvalue weighted by molar-refractivity contribution is 7.20. The molecular formula is C17H20N4O5S. The minimum absolute atomic E-state index is 0.170. The number of hydrogen-bond acceptors (Lipinski definition) is 6. The van der Waals surface area contributed by atoms with Crippen molar-refractivity contribution in [2.24, 2.45) is 17.2 Å². The summed E-state index contributed by atoms with van der Waals surface area (Å²) in [6.45, 7) is 2.03. The maximum Gasteiger partial charge on any atom is 0.320 e. The van der Waals surface area contributed by atoms with Crippen molar-refractivity contribution in [3.05, 3.63) is 35.4 Å². The van der Waals surface area contributed by atoms with Crippen molar-refractivity contribution in [1.29, 1.82) is 0 Å². The minimum Gasteiger partial charge on any atom is -0.494 e. The van der Waals surface area contributed by atoms with Gasteiger partial charge in [0, 0.05) is 11.3 Å². The summed E-state index contributed by atoms with van der Waals surface area (Å²) >= 11 is 1.18. The molecule has 0 unspecified atom stereocenters. The van der Waals surface area contributed by atoms with Gasteiger partial charge in [0.2, 0.25) is 0 Å². The Labute approximate surface area is 159 Å². The first-order valence-electron chi connectivity index (χ1n) is 7.91. The predicted octanol–water partition coefficient (Wildman–Crippen LogP) is 1.49. The van der Waals surface area contributed by atoms with E-state index in [0.717, 1.165) is 16.0 Å². The van der Waals surface area contributed by atoms with Gasteiger partial charge in [-0.3, -0.25) is 14.9 Å². The molecule has 0 fully saturated rings. The molecule has 0 saturated carbocycles. The molecule has 9 nitrogen and oxygen atoms in total. The van der Waals surface area contributed by atoms with Gasteiger partial charge in [-0.15, -0.1) is 11.3 Å². The van der Waals surface area contributed by atoms with Crippen LogP contribution in [0.4, 0.5) is 9.80 Å². The average Bonchev–Trinajstić information content (AvgIpc) is 2.97. The third-order valence-corrected chi connectivity index (χ3v) is 4.80. The second-order valence-electron chi connectivity index (χ2n) is 5.77. The highest BCUT2D eigenvalue weighted by Gasteiger charge is 2.17. The van der Waals surface area contributed by atoms with Crippen molar-refractivity contribution in [2.45, 2.75) is 19.4 Å². The van der Waals surface area contributed by atoms with E-state index in [4.69, 9.17) is 27.0 Å². The van der Waals surface area contributed by atoms with Gasteiger partial charge in [-0.05, 0) is 42.3 Å². The van der Waals surface area contributed by atoms with Crippen LogP contribution in [0.25, 0.3) is 10.4 Å². The predicted molar refractivity (Wildman–Crippen MR) is 102 cm³/mol. The molecule has 1 heterocycles. The van der Waals surface area contributed by atoms with Gasteiger partial charge >= 0.3 is 12.0 Å². The van der Waals surface area contributed by atoms with Crippen molar-refractivity contribution >= 4 is 34.2 Å². The second kappa shape index (κ2) is 8.52. The Morgan fingerprint density at radius 1 is 1.26 bits per heavy atom. The number of carbonyl (C=O) groups excluding carboxylic acids is 2. The summed E-state index contributed by atoms with van der Waals surface area (Å²) in [4.78, 5) is 34.1. The summed E-state index contributed by atoms with van der Waals surface area (Å²) in [6.07, 6.45) is 0.186. The first-order chi connectivity index (χ1) is 12.7. The summed E-state index contributed by atoms with van der Waals surface area (Å²) in [5.74, 6) is -1.18. The highest BCUT2D eigenvalue weighted by atomic mass is 32.1. The lowest BCUT2D eigenvalue weighted by atomic mass is 10.1. The maximum atomic E-state index is 11.6. The standard InChI is InChI=1S/C17H20N4O5S/c1-8-6-9(26-5-4-12(18)16(23)24)2-3-10(8)13-7-11(14(19)22)15(27-13)21-17(20)25/h2-3,6-7,12H,4-5,18H2,1H3,(H2,19,22)(H,23,24)(H3,20,21,25)/t12-/m0/s1. The number of anilines is 1. The number of carbonyl (C=O) groups is 3. The first-order valence-corrected chi connectivity index (χ1v) is 8.73. The molecule has 1 aromatic heterocycles. The monoisotopic (exact) mass is 392 g/mol. The van der Waals surface area contributed by atoms with Crippen LogP contribution in [-0.2, 0) is 4.79 Å². The van der Waals surface area contributed by atoms with E-state index in [1.165, 1.54) is 11.3 Å². The number of carboxylic acid groups (broad SMARTS) is 1. The third kappa shape index (κ3) is 5.19. The molecule has 2 rings (SSSR count). The zero-order valence-electron chi connectivity index (χ0n) is 14.5. The van der Waals surface area contributed by atoms with Gasteiger partial charge in [0.05, 0.1) is 12.2 Å². The van der Waals surface area contributed by atoms with Gasteiger partial charge in [0.1, 0.15) is 16.8 Å². The maximum absolute atomic E-state index is 11.6. The van der Waals surface area contributed by atoms with Crippen LogP contribution in [0.1, 0.15) is 22.3 Å². The number of ether oxygens (including phenoxy) is 1. The minimum atomic E-state index is -1.08. The number of aliphatic carboxylic acids is 1. The van der Waals surface area contributed by atoms with E-state index in [1.807, 2.05) is 6.92 Å². The number of hydrogen-bond donors (Lipinski definition) is 5. The molecule has 0 aliphatic heterocycles. The quantitative estimate of drug-likeness (QED) is 0.455. The summed E-state index contributed by atoms with van der Waals surface area (Å²) < 4.78 is 5.53. The van der Waals surface area contributed by atoms with Crippen molar-refractivity contribution in [2.75, 3.05) is 11.9 Å². The second-order valence-corrected chi connectivity index (χ2v) is 6.82. The molecule has 1 atom stereocenters. The van der Waals surface area contributed by atoms with E-state index in [0.29, 0.717) is 5.75 Å². The Morgan fingerprint density at radius 3 is 2.52 bits per heavy atom. The molecule has 0 aliphatic carbocycles. The van der Waals surface area contributed by atoms with Gasteiger partial charge in [-0.25, -0.2) is 4.79 Å². The largest absolute Gasteiger partial charge is 0.494 e. The number of urea groups is 1. The third-order valence-electron chi connectivity index (χ3n) is 3.71. The zero-order valence-corrected chi connectivity index (χ0v) is 15.3. The molecule has 0 bridgehead atoms. The van der Waals surface area contributed by atoms with E-state index in [2.05, 4.69) is 5.32 Å². The smallest absolute Gasteiger partial charge is 0.320 e. The summed E-state index contributed by atoms with van der Waals surface area (Å²) in [5.41, 5.74) is 17.8. The number of carboxylic acids is 1. The van der Waals surface area contributed by atoms with Crippen molar-refractivity contribution in [3.8, 4) is 16.2 Å². The molecule has 2 aromatic rings. The molecule has 0 aliphatic rings. The molecule has 1 aromatic carbocycles. The molecular weight excluding hydrogens is 372 g/mol. The number of amides is 3. The van der Waals surface area contributed by atoms with Crippen molar-refractivity contribution in [3.63, 3.8) is 0 Å². The van der Waals surface area contributed by atoms with Gasteiger partial charge in [-0.1, -0.05) is 0 Å². The Balaban J connectivity index is 2.19. The van der Waals surface area contributed by atoms with E-state index in [-0.39, 0.29) is 23.6 Å². The lowest BCUT2D eigenvalue weighted by Gasteiger charge is -2.11. The summed E-state index contributed by atoms with van der Waals surface area (Å²) in [7, 11) is 0. The number of primary amides is 2. The van der Waals surface area contributed by atoms with Crippen molar-refractivity contribution < 1.29 is 24.2 Å². The molecule has 0 spiro atoms. The van der Waals surface area contributed by atoms with Crippen LogP contribution in [-0.4, -0.2) is 35.7 Å². The number of benzene rings is 1. The Hall–Kier alpha value is -3.11. The fourth-order valence-corrected chi connectivity index (χ4v) is 3.50. The Kier molecular flexibility index (Phi) is 6.37. The van der Waals surface area contributed by atoms with Crippen LogP contribution in [0, 0.1) is 6.92 Å². The number of nitrogens with two attached hydrogens (primary N) is 3. The molecule has 27 heavy (non-hydrogen) atoms. The van der Waals surface area contributed by atoms with Gasteiger partial charge in [0.15, 0.2) is 0 Å². The fourth-order valence-electron chi connectivity index (χ4n) is 2.34. The lowest BCUT2D eigenvalue weighted by molar-refractivity contribution is -0.138. The van der Waals surface area contributed by atoms with Crippen LogP contribution in [0.5, 0.6) is 5.75 Å². The number of aryl methyl sites for hydroxylation is 1. The van der Waals surface area contributed by atoms with Crippen LogP contribution in [0.2, 0.25) is 0 Å². The summed E-state index contributed by atoms with van der Waals surface area (Å²) in [6, 6.07) is 5.14. The van der Waals surface area contributed by atoms with E-state index in [1.54, 1.807) is 24.3 Å². The topological polar surface area (TPSA) is 171 Å². The molecule has 3 amide bonds. The lowest BCUT2D eigenvalue weighted by Crippen LogP contribution is -2.31. The van der Waals surface area contributed by atoms with Gasteiger partial charge in [0.25, 0.3) is 5.91 Å². The van der Waals surface area contributed by atoms with Crippen LogP contribution < -0.4 is 27.3 Å². The average molecular weight is 392 g/mol. The normalized spacial score (nSPS) is 11.6. The molecule has 0 saturated heterocycles. The highest BCUT2D eigenvalue weighted by Crippen LogP contribution is 2.37. The van der Waals surface area contributed by atoms with E-state index < -0.39 is 23.9 Å². The molecule has 8 N–H and O–H groups in total. The SMILES string of the molecule is Cc1cc(OCC[C@H](N)C(=O)O)ccc1-c1cc(C(N)=O)c(NC(N)=O)s1. The van der Waals surface area contributed by atoms with Crippen molar-refractivity contribution in [1.82, 2.24) is 0 Å². The molecule has 10 heteroatoms. The first kappa shape index (κ1) is 20.2. The Bertz CT molecular complexity index is 880. The molecule has 0 radical (unpaired) electrons. The van der Waals surface area contributed by atoms with Crippen LogP contribution >= 0.6 is 11.3 Å². The van der Waals surface area contributed by atoms with Gasteiger partial charge < -0.3 is 27.0 Å².